The predicted molar refractivity (Wildman–Crippen MR) is 101 cm³/mol. The fourth-order valence-corrected chi connectivity index (χ4v) is 4.04. The second-order valence-electron chi connectivity index (χ2n) is 6.82. The quantitative estimate of drug-likeness (QED) is 0.349. The van der Waals surface area contributed by atoms with Crippen molar-refractivity contribution in [2.75, 3.05) is 14.2 Å². The van der Waals surface area contributed by atoms with E-state index in [-0.39, 0.29) is 12.2 Å². The molecule has 2 aromatic rings. The second-order valence-corrected chi connectivity index (χ2v) is 6.82. The third-order valence-electron chi connectivity index (χ3n) is 5.48. The maximum Gasteiger partial charge on any atom is 0.327 e. The molecule has 5 heteroatoms. The van der Waals surface area contributed by atoms with E-state index in [9.17, 15) is 14.4 Å². The number of ether oxygens (including phenoxy) is 2. The van der Waals surface area contributed by atoms with Crippen molar-refractivity contribution in [1.29, 1.82) is 0 Å². The highest BCUT2D eigenvalue weighted by Gasteiger charge is 2.59. The fraction of sp³-hybridized carbons (Fsp3) is 0.318. The molecular weight excluding hydrogens is 344 g/mol. The van der Waals surface area contributed by atoms with Gasteiger partial charge in [-0.25, -0.2) is 0 Å². The molecule has 1 saturated carbocycles. The molecule has 0 bridgehead atoms. The fourth-order valence-electron chi connectivity index (χ4n) is 4.04. The topological polar surface area (TPSA) is 69.7 Å². The van der Waals surface area contributed by atoms with Gasteiger partial charge in [-0.15, -0.1) is 0 Å². The lowest BCUT2D eigenvalue weighted by Gasteiger charge is -2.30. The van der Waals surface area contributed by atoms with Crippen LogP contribution in [0.1, 0.15) is 29.6 Å². The van der Waals surface area contributed by atoms with Crippen LogP contribution in [0.5, 0.6) is 0 Å². The van der Waals surface area contributed by atoms with Crippen molar-refractivity contribution in [1.82, 2.24) is 0 Å². The minimum Gasteiger partial charge on any atom is -0.468 e. The van der Waals surface area contributed by atoms with Gasteiger partial charge in [-0.3, -0.25) is 14.4 Å². The number of rotatable bonds is 5. The van der Waals surface area contributed by atoms with Crippen molar-refractivity contribution in [2.45, 2.75) is 19.3 Å². The van der Waals surface area contributed by atoms with E-state index in [0.717, 1.165) is 10.8 Å². The van der Waals surface area contributed by atoms with E-state index in [2.05, 4.69) is 6.58 Å². The number of methoxy groups -OCH3 is 2. The Balaban J connectivity index is 1.94. The van der Waals surface area contributed by atoms with Crippen LogP contribution in [0.2, 0.25) is 0 Å². The van der Waals surface area contributed by atoms with Gasteiger partial charge in [0.25, 0.3) is 0 Å². The lowest BCUT2D eigenvalue weighted by atomic mass is 9.73. The molecule has 0 aromatic heterocycles. The number of hydrogen-bond acceptors (Lipinski definition) is 5. The second kappa shape index (κ2) is 7.35. The van der Waals surface area contributed by atoms with Crippen molar-refractivity contribution in [3.8, 4) is 0 Å². The van der Waals surface area contributed by atoms with E-state index >= 15 is 0 Å². The van der Waals surface area contributed by atoms with E-state index in [4.69, 9.17) is 9.47 Å². The minimum absolute atomic E-state index is 0.0432. The Morgan fingerprint density at radius 3 is 2.30 bits per heavy atom. The molecule has 3 rings (SSSR count). The number of benzene rings is 2. The first kappa shape index (κ1) is 18.8. The van der Waals surface area contributed by atoms with Crippen molar-refractivity contribution in [3.05, 3.63) is 60.2 Å². The summed E-state index contributed by atoms with van der Waals surface area (Å²) in [5.74, 6) is -2.09. The van der Waals surface area contributed by atoms with Crippen molar-refractivity contribution < 1.29 is 23.9 Å². The number of carbonyl (C=O) groups excluding carboxylic acids is 3. The number of Topliss-reactive ketones (excluding diaryl/α,β-unsaturated/α-hetero) is 1. The number of esters is 2. The summed E-state index contributed by atoms with van der Waals surface area (Å²) in [5.41, 5.74) is -0.622. The molecule has 1 fully saturated rings. The highest BCUT2D eigenvalue weighted by Crippen LogP contribution is 2.50. The summed E-state index contributed by atoms with van der Waals surface area (Å²) in [4.78, 5) is 38.0. The van der Waals surface area contributed by atoms with Gasteiger partial charge < -0.3 is 9.47 Å². The number of ketones is 1. The summed E-state index contributed by atoms with van der Waals surface area (Å²) in [5, 5.41) is 2.01. The van der Waals surface area contributed by atoms with Gasteiger partial charge >= 0.3 is 11.9 Å². The zero-order valence-corrected chi connectivity index (χ0v) is 15.5. The van der Waals surface area contributed by atoms with Gasteiger partial charge in [0.1, 0.15) is 0 Å². The molecule has 0 saturated heterocycles. The molecule has 0 amide bonds. The van der Waals surface area contributed by atoms with Gasteiger partial charge in [-0.05, 0) is 41.2 Å². The van der Waals surface area contributed by atoms with Crippen LogP contribution in [0.3, 0.4) is 0 Å². The Morgan fingerprint density at radius 2 is 1.67 bits per heavy atom. The Kier molecular flexibility index (Phi) is 5.13. The Labute approximate surface area is 158 Å². The first-order valence-electron chi connectivity index (χ1n) is 8.82. The number of fused-ring (bicyclic) bond motifs is 1. The normalized spacial score (nSPS) is 18.3. The van der Waals surface area contributed by atoms with Gasteiger partial charge in [0, 0.05) is 12.0 Å². The van der Waals surface area contributed by atoms with E-state index in [1.54, 1.807) is 6.07 Å². The van der Waals surface area contributed by atoms with E-state index < -0.39 is 23.3 Å². The summed E-state index contributed by atoms with van der Waals surface area (Å²) in [6.45, 7) is 3.90. The van der Waals surface area contributed by atoms with Crippen LogP contribution < -0.4 is 0 Å². The molecule has 0 spiro atoms. The lowest BCUT2D eigenvalue weighted by Crippen LogP contribution is -2.45. The molecule has 0 N–H and O–H groups in total. The minimum atomic E-state index is -1.62. The molecule has 0 aliphatic heterocycles. The van der Waals surface area contributed by atoms with Gasteiger partial charge in [-0.2, -0.15) is 0 Å². The van der Waals surface area contributed by atoms with Gasteiger partial charge in [0.05, 0.1) is 14.2 Å². The molecule has 0 heterocycles. The molecule has 2 aromatic carbocycles. The Hall–Kier alpha value is -2.95. The van der Waals surface area contributed by atoms with Gasteiger partial charge in [0.15, 0.2) is 11.2 Å². The predicted octanol–water partition coefficient (Wildman–Crippen LogP) is 3.71. The Bertz CT molecular complexity index is 911. The van der Waals surface area contributed by atoms with Crippen LogP contribution >= 0.6 is 0 Å². The highest BCUT2D eigenvalue weighted by atomic mass is 16.5. The first-order valence-corrected chi connectivity index (χ1v) is 8.82. The molecule has 0 radical (unpaired) electrons. The van der Waals surface area contributed by atoms with Crippen molar-refractivity contribution in [2.24, 2.45) is 11.3 Å². The molecule has 5 nitrogen and oxygen atoms in total. The molecule has 140 valence electrons. The first-order chi connectivity index (χ1) is 12.9. The smallest absolute Gasteiger partial charge is 0.327 e. The number of carbonyl (C=O) groups is 3. The van der Waals surface area contributed by atoms with Crippen LogP contribution in [-0.4, -0.2) is 31.9 Å². The maximum atomic E-state index is 12.9. The average Bonchev–Trinajstić information content (AvgIpc) is 3.02. The standard InChI is InChI=1S/C22H22O5/c1-14-8-11-18(22(14,20(24)26-2)21(25)27-3)13-19(23)17-10-9-15-6-4-5-7-16(15)12-17/h4-7,9-10,12,18H,1,8,11,13H2,2-3H3. The zero-order valence-electron chi connectivity index (χ0n) is 15.5. The van der Waals surface area contributed by atoms with Gasteiger partial charge in [0.2, 0.25) is 0 Å². The summed E-state index contributed by atoms with van der Waals surface area (Å²) < 4.78 is 9.79. The zero-order chi connectivity index (χ0) is 19.6. The van der Waals surface area contributed by atoms with Crippen molar-refractivity contribution in [3.63, 3.8) is 0 Å². The molecule has 27 heavy (non-hydrogen) atoms. The monoisotopic (exact) mass is 366 g/mol. The Morgan fingerprint density at radius 1 is 1.04 bits per heavy atom. The molecule has 1 unspecified atom stereocenters. The average molecular weight is 366 g/mol. The molecule has 1 atom stereocenters. The summed E-state index contributed by atoms with van der Waals surface area (Å²) >= 11 is 0. The summed E-state index contributed by atoms with van der Waals surface area (Å²) in [6.07, 6.45) is 1.02. The third kappa shape index (κ3) is 3.03. The lowest BCUT2D eigenvalue weighted by molar-refractivity contribution is -0.168. The van der Waals surface area contributed by atoms with Crippen LogP contribution in [0.15, 0.2) is 54.6 Å². The van der Waals surface area contributed by atoms with E-state index in [1.165, 1.54) is 14.2 Å². The third-order valence-corrected chi connectivity index (χ3v) is 5.48. The van der Waals surface area contributed by atoms with Crippen LogP contribution in [0.25, 0.3) is 10.8 Å². The van der Waals surface area contributed by atoms with Crippen LogP contribution in [0.4, 0.5) is 0 Å². The maximum absolute atomic E-state index is 12.9. The van der Waals surface area contributed by atoms with E-state index in [0.29, 0.717) is 24.0 Å². The SMILES string of the molecule is C=C1CCC(CC(=O)c2ccc3ccccc3c2)C1(C(=O)OC)C(=O)OC. The summed E-state index contributed by atoms with van der Waals surface area (Å²) in [6, 6.07) is 13.3. The molecule has 1 aliphatic rings. The summed E-state index contributed by atoms with van der Waals surface area (Å²) in [7, 11) is 2.45. The highest BCUT2D eigenvalue weighted by molar-refractivity contribution is 6.06. The van der Waals surface area contributed by atoms with Crippen molar-refractivity contribution >= 4 is 28.5 Å². The van der Waals surface area contributed by atoms with Crippen LogP contribution in [0, 0.1) is 11.3 Å². The van der Waals surface area contributed by atoms with E-state index in [1.807, 2.05) is 36.4 Å². The van der Waals surface area contributed by atoms with Crippen LogP contribution in [-0.2, 0) is 19.1 Å². The molecular formula is C22H22O5. The molecule has 1 aliphatic carbocycles. The number of hydrogen-bond donors (Lipinski definition) is 0. The largest absolute Gasteiger partial charge is 0.468 e. The van der Waals surface area contributed by atoms with Gasteiger partial charge in [-0.1, -0.05) is 43.0 Å².